The fourth-order valence-electron chi connectivity index (χ4n) is 3.96. The molecule has 1 saturated carbocycles. The molecule has 2 aromatic heterocycles. The van der Waals surface area contributed by atoms with Crippen LogP contribution in [0.3, 0.4) is 0 Å². The van der Waals surface area contributed by atoms with E-state index in [-0.39, 0.29) is 5.41 Å². The van der Waals surface area contributed by atoms with Crippen LogP contribution in [0.4, 0.5) is 0 Å². The summed E-state index contributed by atoms with van der Waals surface area (Å²) in [6.07, 6.45) is 7.41. The number of rotatable bonds is 3. The van der Waals surface area contributed by atoms with Crippen molar-refractivity contribution in [3.8, 4) is 0 Å². The van der Waals surface area contributed by atoms with Gasteiger partial charge in [-0.15, -0.1) is 10.2 Å². The minimum atomic E-state index is 0.0491. The summed E-state index contributed by atoms with van der Waals surface area (Å²) in [4.78, 5) is 2.43. The lowest BCUT2D eigenvalue weighted by molar-refractivity contribution is 0.202. The van der Waals surface area contributed by atoms with Crippen LogP contribution in [0.2, 0.25) is 0 Å². The molecule has 3 heterocycles. The van der Waals surface area contributed by atoms with E-state index in [0.717, 1.165) is 37.8 Å². The van der Waals surface area contributed by atoms with Crippen molar-refractivity contribution in [1.29, 1.82) is 0 Å². The van der Waals surface area contributed by atoms with Crippen molar-refractivity contribution < 1.29 is 0 Å². The van der Waals surface area contributed by atoms with Crippen LogP contribution < -0.4 is 0 Å². The summed E-state index contributed by atoms with van der Waals surface area (Å²) in [5.74, 6) is 2.18. The molecule has 2 aromatic rings. The number of hydrogen-bond donors (Lipinski definition) is 0. The molecular formula is C18H28N6. The third-order valence-corrected chi connectivity index (χ3v) is 5.25. The lowest BCUT2D eigenvalue weighted by Crippen LogP contribution is -2.35. The summed E-state index contributed by atoms with van der Waals surface area (Å²) >= 11 is 0. The molecular weight excluding hydrogens is 300 g/mol. The Labute approximate surface area is 143 Å². The molecule has 0 atom stereocenters. The Morgan fingerprint density at radius 3 is 2.67 bits per heavy atom. The van der Waals surface area contributed by atoms with Crippen LogP contribution in [0.5, 0.6) is 0 Å². The van der Waals surface area contributed by atoms with Gasteiger partial charge in [0, 0.05) is 31.2 Å². The van der Waals surface area contributed by atoms with Gasteiger partial charge in [-0.1, -0.05) is 33.6 Å². The summed E-state index contributed by atoms with van der Waals surface area (Å²) in [5, 5.41) is 13.7. The van der Waals surface area contributed by atoms with Gasteiger partial charge in [0.25, 0.3) is 0 Å². The number of hydrogen-bond acceptors (Lipinski definition) is 4. The lowest BCUT2D eigenvalue weighted by atomic mass is 9.95. The fraction of sp³-hybridized carbons (Fsp3) is 0.722. The van der Waals surface area contributed by atoms with Crippen molar-refractivity contribution >= 4 is 0 Å². The zero-order valence-electron chi connectivity index (χ0n) is 15.1. The monoisotopic (exact) mass is 328 g/mol. The second-order valence-corrected chi connectivity index (χ2v) is 8.28. The minimum absolute atomic E-state index is 0.0491. The zero-order valence-corrected chi connectivity index (χ0v) is 15.1. The third kappa shape index (κ3) is 2.99. The molecule has 4 rings (SSSR count). The van der Waals surface area contributed by atoms with Gasteiger partial charge in [0.15, 0.2) is 0 Å². The highest BCUT2D eigenvalue weighted by molar-refractivity contribution is 5.08. The van der Waals surface area contributed by atoms with E-state index < -0.39 is 0 Å². The summed E-state index contributed by atoms with van der Waals surface area (Å²) in [6, 6.07) is 2.80. The Balaban J connectivity index is 1.43. The standard InChI is InChI=1S/C18H28N6/c1-18(2,3)17-20-19-16-13-22(10-11-23(16)17)12-14-8-9-24(21-14)15-6-4-5-7-15/h8-9,15H,4-7,10-13H2,1-3H3. The maximum Gasteiger partial charge on any atom is 0.147 e. The quantitative estimate of drug-likeness (QED) is 0.869. The molecule has 1 fully saturated rings. The van der Waals surface area contributed by atoms with E-state index in [2.05, 4.69) is 57.4 Å². The molecule has 1 aliphatic heterocycles. The highest BCUT2D eigenvalue weighted by atomic mass is 15.4. The number of aromatic nitrogens is 5. The Kier molecular flexibility index (Phi) is 3.95. The van der Waals surface area contributed by atoms with E-state index in [1.807, 2.05) is 0 Å². The first-order valence-electron chi connectivity index (χ1n) is 9.19. The molecule has 0 saturated heterocycles. The van der Waals surface area contributed by atoms with Crippen LogP contribution in [0.25, 0.3) is 0 Å². The first kappa shape index (κ1) is 15.8. The molecule has 0 amide bonds. The van der Waals surface area contributed by atoms with Crippen LogP contribution in [-0.4, -0.2) is 36.0 Å². The molecule has 0 aromatic carbocycles. The summed E-state index contributed by atoms with van der Waals surface area (Å²) in [5.41, 5.74) is 1.22. The van der Waals surface area contributed by atoms with Gasteiger partial charge in [0.05, 0.1) is 18.3 Å². The molecule has 6 nitrogen and oxygen atoms in total. The van der Waals surface area contributed by atoms with Crippen molar-refractivity contribution in [2.45, 2.75) is 77.5 Å². The van der Waals surface area contributed by atoms with Gasteiger partial charge in [-0.2, -0.15) is 5.10 Å². The maximum absolute atomic E-state index is 4.82. The highest BCUT2D eigenvalue weighted by Crippen LogP contribution is 2.29. The van der Waals surface area contributed by atoms with Gasteiger partial charge in [-0.25, -0.2) is 0 Å². The van der Waals surface area contributed by atoms with Crippen LogP contribution in [-0.2, 0) is 25.0 Å². The maximum atomic E-state index is 4.82. The van der Waals surface area contributed by atoms with Crippen molar-refractivity contribution in [1.82, 2.24) is 29.4 Å². The Morgan fingerprint density at radius 2 is 1.92 bits per heavy atom. The second kappa shape index (κ2) is 5.99. The average Bonchev–Trinajstić information content (AvgIpc) is 3.26. The molecule has 0 N–H and O–H groups in total. The van der Waals surface area contributed by atoms with Gasteiger partial charge in [-0.3, -0.25) is 9.58 Å². The molecule has 1 aliphatic carbocycles. The number of fused-ring (bicyclic) bond motifs is 1. The first-order valence-corrected chi connectivity index (χ1v) is 9.19. The molecule has 0 radical (unpaired) electrons. The second-order valence-electron chi connectivity index (χ2n) is 8.28. The van der Waals surface area contributed by atoms with Gasteiger partial charge >= 0.3 is 0 Å². The molecule has 6 heteroatoms. The van der Waals surface area contributed by atoms with Crippen molar-refractivity contribution in [2.24, 2.45) is 0 Å². The largest absolute Gasteiger partial charge is 0.312 e. The topological polar surface area (TPSA) is 51.8 Å². The van der Waals surface area contributed by atoms with Crippen molar-refractivity contribution in [2.75, 3.05) is 6.54 Å². The van der Waals surface area contributed by atoms with Gasteiger partial charge in [0.1, 0.15) is 11.6 Å². The SMILES string of the molecule is CC(C)(C)c1nnc2n1CCN(Cc1ccn(C3CCCC3)n1)C2. The molecule has 0 unspecified atom stereocenters. The Hall–Kier alpha value is -1.69. The van der Waals surface area contributed by atoms with Crippen molar-refractivity contribution in [3.05, 3.63) is 29.6 Å². The van der Waals surface area contributed by atoms with Crippen LogP contribution in [0, 0.1) is 0 Å². The van der Waals surface area contributed by atoms with E-state index in [0.29, 0.717) is 6.04 Å². The fourth-order valence-corrected chi connectivity index (χ4v) is 3.96. The average molecular weight is 328 g/mol. The predicted octanol–water partition coefficient (Wildman–Crippen LogP) is 2.90. The van der Waals surface area contributed by atoms with Crippen LogP contribution in [0.15, 0.2) is 12.3 Å². The van der Waals surface area contributed by atoms with Crippen LogP contribution in [0.1, 0.15) is 69.8 Å². The highest BCUT2D eigenvalue weighted by Gasteiger charge is 2.27. The van der Waals surface area contributed by atoms with E-state index >= 15 is 0 Å². The van der Waals surface area contributed by atoms with E-state index in [1.165, 1.54) is 31.4 Å². The number of nitrogens with zero attached hydrogens (tertiary/aromatic N) is 6. The molecule has 130 valence electrons. The summed E-state index contributed by atoms with van der Waals surface area (Å²) in [6.45, 7) is 10.4. The lowest BCUT2D eigenvalue weighted by Gasteiger charge is -2.29. The van der Waals surface area contributed by atoms with Crippen molar-refractivity contribution in [3.63, 3.8) is 0 Å². The smallest absolute Gasteiger partial charge is 0.147 e. The molecule has 2 aliphatic rings. The van der Waals surface area contributed by atoms with E-state index in [9.17, 15) is 0 Å². The van der Waals surface area contributed by atoms with E-state index in [1.54, 1.807) is 0 Å². The molecule has 0 bridgehead atoms. The van der Waals surface area contributed by atoms with Gasteiger partial charge < -0.3 is 4.57 Å². The third-order valence-electron chi connectivity index (χ3n) is 5.25. The summed E-state index contributed by atoms with van der Waals surface area (Å²) in [7, 11) is 0. The Bertz CT molecular complexity index is 701. The predicted molar refractivity (Wildman–Crippen MR) is 92.6 cm³/mol. The van der Waals surface area contributed by atoms with Gasteiger partial charge in [0.2, 0.25) is 0 Å². The normalized spacial score (nSPS) is 19.8. The molecule has 24 heavy (non-hydrogen) atoms. The van der Waals surface area contributed by atoms with Gasteiger partial charge in [-0.05, 0) is 18.9 Å². The first-order chi connectivity index (χ1) is 11.5. The van der Waals surface area contributed by atoms with Crippen LogP contribution >= 0.6 is 0 Å². The minimum Gasteiger partial charge on any atom is -0.312 e. The summed E-state index contributed by atoms with van der Waals surface area (Å²) < 4.78 is 4.49. The van der Waals surface area contributed by atoms with E-state index in [4.69, 9.17) is 5.10 Å². The molecule has 0 spiro atoms. The Morgan fingerprint density at radius 1 is 1.12 bits per heavy atom. The zero-order chi connectivity index (χ0) is 16.7.